The molecule has 0 bridgehead atoms. The van der Waals surface area contributed by atoms with Crippen molar-refractivity contribution in [1.29, 1.82) is 0 Å². The predicted molar refractivity (Wildman–Crippen MR) is 71.6 cm³/mol. The molecule has 0 radical (unpaired) electrons. The lowest BCUT2D eigenvalue weighted by atomic mass is 9.77. The number of hydrogen-bond acceptors (Lipinski definition) is 4. The lowest BCUT2D eigenvalue weighted by Crippen LogP contribution is -2.36. The Morgan fingerprint density at radius 3 is 2.29 bits per heavy atom. The Labute approximate surface area is 106 Å². The molecule has 0 saturated carbocycles. The second-order valence-corrected chi connectivity index (χ2v) is 7.77. The van der Waals surface area contributed by atoms with Crippen molar-refractivity contribution in [3.05, 3.63) is 0 Å². The van der Waals surface area contributed by atoms with Crippen molar-refractivity contribution in [2.24, 2.45) is 17.1 Å². The molecule has 4 nitrogen and oxygen atoms in total. The summed E-state index contributed by atoms with van der Waals surface area (Å²) in [6.45, 7) is 6.28. The zero-order valence-electron chi connectivity index (χ0n) is 11.3. The van der Waals surface area contributed by atoms with Gasteiger partial charge in [0, 0.05) is 24.3 Å². The molecule has 0 amide bonds. The summed E-state index contributed by atoms with van der Waals surface area (Å²) < 4.78 is 22.8. The Kier molecular flexibility index (Phi) is 7.28. The van der Waals surface area contributed by atoms with E-state index in [-0.39, 0.29) is 23.5 Å². The standard InChI is InChI=1S/C12H27NO3S/c1-4-17(15,16)7-5-6-12(9-13,10-14)8-11(2)3/h11,14H,4-10,13H2,1-3H3. The number of hydrogen-bond donors (Lipinski definition) is 2. The number of sulfone groups is 1. The number of nitrogens with two attached hydrogens (primary N) is 1. The summed E-state index contributed by atoms with van der Waals surface area (Å²) in [6.07, 6.45) is 2.10. The molecule has 0 aliphatic heterocycles. The molecule has 5 heteroatoms. The molecule has 0 aliphatic carbocycles. The van der Waals surface area contributed by atoms with Crippen LogP contribution in [0.3, 0.4) is 0 Å². The molecular weight excluding hydrogens is 238 g/mol. The lowest BCUT2D eigenvalue weighted by Gasteiger charge is -2.32. The van der Waals surface area contributed by atoms with Crippen molar-refractivity contribution in [2.45, 2.75) is 40.0 Å². The van der Waals surface area contributed by atoms with E-state index in [0.717, 1.165) is 6.42 Å². The average molecular weight is 265 g/mol. The summed E-state index contributed by atoms with van der Waals surface area (Å²) in [5, 5.41) is 9.48. The monoisotopic (exact) mass is 265 g/mol. The Balaban J connectivity index is 4.37. The van der Waals surface area contributed by atoms with Gasteiger partial charge in [-0.3, -0.25) is 0 Å². The molecule has 3 N–H and O–H groups in total. The van der Waals surface area contributed by atoms with Crippen molar-refractivity contribution in [3.63, 3.8) is 0 Å². The summed E-state index contributed by atoms with van der Waals surface area (Å²) >= 11 is 0. The van der Waals surface area contributed by atoms with Crippen molar-refractivity contribution < 1.29 is 13.5 Å². The highest BCUT2D eigenvalue weighted by molar-refractivity contribution is 7.91. The SMILES string of the molecule is CCS(=O)(=O)CCCC(CN)(CO)CC(C)C. The maximum Gasteiger partial charge on any atom is 0.150 e. The fourth-order valence-corrected chi connectivity index (χ4v) is 3.05. The molecular formula is C12H27NO3S. The molecule has 17 heavy (non-hydrogen) atoms. The van der Waals surface area contributed by atoms with Crippen LogP contribution in [0.25, 0.3) is 0 Å². The van der Waals surface area contributed by atoms with Gasteiger partial charge in [-0.05, 0) is 25.2 Å². The van der Waals surface area contributed by atoms with Gasteiger partial charge in [-0.1, -0.05) is 20.8 Å². The Bertz CT molecular complexity index is 295. The molecule has 1 atom stereocenters. The zero-order chi connectivity index (χ0) is 13.5. The van der Waals surface area contributed by atoms with E-state index in [1.54, 1.807) is 6.92 Å². The topological polar surface area (TPSA) is 80.4 Å². The van der Waals surface area contributed by atoms with Crippen LogP contribution in [0, 0.1) is 11.3 Å². The quantitative estimate of drug-likeness (QED) is 0.656. The summed E-state index contributed by atoms with van der Waals surface area (Å²) in [5.74, 6) is 0.837. The van der Waals surface area contributed by atoms with Gasteiger partial charge in [0.05, 0.1) is 5.75 Å². The van der Waals surface area contributed by atoms with Crippen molar-refractivity contribution in [1.82, 2.24) is 0 Å². The molecule has 0 rings (SSSR count). The van der Waals surface area contributed by atoms with Crippen LogP contribution in [-0.2, 0) is 9.84 Å². The minimum atomic E-state index is -2.91. The molecule has 0 heterocycles. The van der Waals surface area contributed by atoms with E-state index in [9.17, 15) is 13.5 Å². The Morgan fingerprint density at radius 1 is 1.35 bits per heavy atom. The maximum atomic E-state index is 11.4. The van der Waals surface area contributed by atoms with Gasteiger partial charge in [0.2, 0.25) is 0 Å². The Hall–Kier alpha value is -0.130. The van der Waals surface area contributed by atoms with E-state index >= 15 is 0 Å². The second-order valence-electron chi connectivity index (χ2n) is 5.30. The highest BCUT2D eigenvalue weighted by Crippen LogP contribution is 2.30. The fraction of sp³-hybridized carbons (Fsp3) is 1.00. The summed E-state index contributed by atoms with van der Waals surface area (Å²) in [7, 11) is -2.91. The van der Waals surface area contributed by atoms with Gasteiger partial charge in [0.15, 0.2) is 0 Å². The second kappa shape index (κ2) is 7.34. The molecule has 0 saturated heterocycles. The first kappa shape index (κ1) is 16.9. The summed E-state index contributed by atoms with van der Waals surface area (Å²) in [6, 6.07) is 0. The number of rotatable bonds is 9. The smallest absolute Gasteiger partial charge is 0.150 e. The maximum absolute atomic E-state index is 11.4. The highest BCUT2D eigenvalue weighted by atomic mass is 32.2. The van der Waals surface area contributed by atoms with Gasteiger partial charge < -0.3 is 10.8 Å². The van der Waals surface area contributed by atoms with E-state index < -0.39 is 9.84 Å². The Morgan fingerprint density at radius 2 is 1.94 bits per heavy atom. The average Bonchev–Trinajstić information content (AvgIpc) is 2.27. The van der Waals surface area contributed by atoms with Crippen LogP contribution in [0.1, 0.15) is 40.0 Å². The predicted octanol–water partition coefficient (Wildman–Crippen LogP) is 1.18. The van der Waals surface area contributed by atoms with Gasteiger partial charge in [0.1, 0.15) is 9.84 Å². The molecule has 0 aromatic heterocycles. The van der Waals surface area contributed by atoms with E-state index in [4.69, 9.17) is 5.73 Å². The minimum Gasteiger partial charge on any atom is -0.396 e. The molecule has 0 aliphatic rings. The van der Waals surface area contributed by atoms with E-state index in [0.29, 0.717) is 25.3 Å². The molecule has 0 spiro atoms. The first-order valence-electron chi connectivity index (χ1n) is 6.32. The van der Waals surface area contributed by atoms with Crippen LogP contribution >= 0.6 is 0 Å². The zero-order valence-corrected chi connectivity index (χ0v) is 12.1. The first-order valence-corrected chi connectivity index (χ1v) is 8.14. The third-order valence-corrected chi connectivity index (χ3v) is 5.00. The minimum absolute atomic E-state index is 0.0356. The van der Waals surface area contributed by atoms with Crippen LogP contribution in [0.15, 0.2) is 0 Å². The molecule has 104 valence electrons. The lowest BCUT2D eigenvalue weighted by molar-refractivity contribution is 0.0980. The van der Waals surface area contributed by atoms with E-state index in [2.05, 4.69) is 13.8 Å². The van der Waals surface area contributed by atoms with E-state index in [1.807, 2.05) is 0 Å². The molecule has 1 unspecified atom stereocenters. The third kappa shape index (κ3) is 6.38. The van der Waals surface area contributed by atoms with Gasteiger partial charge in [-0.15, -0.1) is 0 Å². The summed E-state index contributed by atoms with van der Waals surface area (Å²) in [4.78, 5) is 0. The number of aliphatic hydroxyl groups is 1. The van der Waals surface area contributed by atoms with Gasteiger partial charge in [-0.25, -0.2) is 8.42 Å². The molecule has 0 aromatic carbocycles. The fourth-order valence-electron chi connectivity index (χ4n) is 2.17. The van der Waals surface area contributed by atoms with Crippen LogP contribution < -0.4 is 5.73 Å². The number of aliphatic hydroxyl groups excluding tert-OH is 1. The largest absolute Gasteiger partial charge is 0.396 e. The van der Waals surface area contributed by atoms with E-state index in [1.165, 1.54) is 0 Å². The van der Waals surface area contributed by atoms with Crippen LogP contribution in [-0.4, -0.2) is 38.2 Å². The van der Waals surface area contributed by atoms with Crippen molar-refractivity contribution >= 4 is 9.84 Å². The summed E-state index contributed by atoms with van der Waals surface area (Å²) in [5.41, 5.74) is 5.43. The third-order valence-electron chi connectivity index (χ3n) is 3.21. The van der Waals surface area contributed by atoms with Crippen LogP contribution in [0.2, 0.25) is 0 Å². The molecule has 0 aromatic rings. The van der Waals surface area contributed by atoms with Crippen molar-refractivity contribution in [2.75, 3.05) is 24.7 Å². The highest BCUT2D eigenvalue weighted by Gasteiger charge is 2.28. The normalized spacial score (nSPS) is 16.1. The van der Waals surface area contributed by atoms with Gasteiger partial charge >= 0.3 is 0 Å². The van der Waals surface area contributed by atoms with Crippen LogP contribution in [0.5, 0.6) is 0 Å². The van der Waals surface area contributed by atoms with Crippen molar-refractivity contribution in [3.8, 4) is 0 Å². The van der Waals surface area contributed by atoms with Crippen LogP contribution in [0.4, 0.5) is 0 Å². The van der Waals surface area contributed by atoms with Gasteiger partial charge in [0.25, 0.3) is 0 Å². The molecule has 0 fully saturated rings. The first-order chi connectivity index (χ1) is 7.81. The van der Waals surface area contributed by atoms with Gasteiger partial charge in [-0.2, -0.15) is 0 Å².